The molecule has 4 heterocycles. The van der Waals surface area contributed by atoms with Crippen LogP contribution in [0.5, 0.6) is 23.0 Å². The normalized spacial score (nSPS) is 11.6. The maximum absolute atomic E-state index is 13.1. The summed E-state index contributed by atoms with van der Waals surface area (Å²) in [6, 6.07) is 39.4. The summed E-state index contributed by atoms with van der Waals surface area (Å²) in [4.78, 5) is 35.6. The maximum Gasteiger partial charge on any atom is 0.339 e. The minimum atomic E-state index is -1.07. The van der Waals surface area contributed by atoms with Gasteiger partial charge < -0.3 is 40.2 Å². The Bertz CT molecular complexity index is 4800. The third kappa shape index (κ3) is 16.4. The van der Waals surface area contributed by atoms with Gasteiger partial charge in [-0.15, -0.1) is 0 Å². The van der Waals surface area contributed by atoms with Crippen LogP contribution >= 0.6 is 0 Å². The Morgan fingerprint density at radius 2 is 0.866 bits per heavy atom. The zero-order chi connectivity index (χ0) is 69.3. The molecule has 24 heteroatoms. The van der Waals surface area contributed by atoms with Crippen molar-refractivity contribution in [2.75, 3.05) is 35.0 Å². The number of fused-ring (bicyclic) bond motifs is 4. The number of aromatic amines is 4. The molecule has 20 nitrogen and oxygen atoms in total. The number of nitrogens with two attached hydrogens (primary N) is 1. The van der Waals surface area contributed by atoms with Gasteiger partial charge in [0.2, 0.25) is 0 Å². The number of hydrogen-bond acceptors (Lipinski definition) is 13. The Morgan fingerprint density at radius 3 is 1.23 bits per heavy atom. The number of carboxylic acids is 1. The van der Waals surface area contributed by atoms with Gasteiger partial charge in [0.1, 0.15) is 57.9 Å². The van der Waals surface area contributed by atoms with Gasteiger partial charge in [-0.2, -0.15) is 25.7 Å². The minimum Gasteiger partial charge on any atom is -0.495 e. The van der Waals surface area contributed by atoms with Crippen molar-refractivity contribution in [3.05, 3.63) is 236 Å². The first-order valence-electron chi connectivity index (χ1n) is 29.7. The smallest absolute Gasteiger partial charge is 0.339 e. The predicted molar refractivity (Wildman–Crippen MR) is 365 cm³/mol. The van der Waals surface area contributed by atoms with E-state index in [0.717, 1.165) is 33.2 Å². The van der Waals surface area contributed by atoms with Gasteiger partial charge in [-0.05, 0) is 150 Å². The number of hydrogen-bond donors (Lipinski definition) is 8. The van der Waals surface area contributed by atoms with Crippen molar-refractivity contribution in [1.82, 2.24) is 46.1 Å². The lowest BCUT2D eigenvalue weighted by molar-refractivity contribution is 0.0693. The summed E-state index contributed by atoms with van der Waals surface area (Å²) in [6.07, 6.45) is 14.4. The Kier molecular flexibility index (Phi) is 22.5. The SMILES string of the molecule is COc1c(C#N)ccc2[nH]nc(/C=C/c3ccc(F)cc3)c12.COc1c(C(=O)N[C@H](CO)C(C)C)ccc2n[nH]c(/C=C/c3ccc(F)cc3)c12.COc1c(C(=O)O)ccc2n[nH]c(/C=C/c3ccc(F)cc3)c12.COc1c(C(N)=O)ccc2n[nH]c(/C=C/c3ccc(F)cc3)c12. The van der Waals surface area contributed by atoms with Gasteiger partial charge in [-0.1, -0.05) is 86.7 Å². The van der Waals surface area contributed by atoms with Crippen molar-refractivity contribution in [2.24, 2.45) is 11.7 Å². The molecule has 12 aromatic rings. The number of methoxy groups -OCH3 is 4. The molecule has 0 aliphatic heterocycles. The molecule has 0 spiro atoms. The Labute approximate surface area is 552 Å². The van der Waals surface area contributed by atoms with Crippen molar-refractivity contribution in [1.29, 1.82) is 5.26 Å². The lowest BCUT2D eigenvalue weighted by Crippen LogP contribution is -2.41. The standard InChI is InChI=1S/C22H24FN3O3.C17H14FN3O2.C17H12FN3O.C17H13FN2O3/c1-13(2)19(12-27)24-22(28)16-9-11-18-20(21(16)29-3)17(25-26-18)10-6-14-4-7-15(23)8-5-14;1-23-16-12(17(19)22)7-9-14-15(16)13(20-21-14)8-4-10-2-5-11(18)6-3-10;1-22-17-12(10-19)5-9-15-16(17)14(20-21-15)8-4-11-2-6-13(18)7-3-11;1-23-16-12(17(21)22)7-9-14-15(16)13(19-20-14)8-4-10-2-5-11(18)6-3-10/h4-11,13,19,27H,12H2,1-3H3,(H,24,28)(H,25,26);2-9H,1H3,(H2,19,22)(H,20,21);2-9H,1H3,(H,20,21);2-9H,1H3,(H,19,20)(H,21,22)/b10-6+;3*8-4+/t19-;;;/m1.../s1. The summed E-state index contributed by atoms with van der Waals surface area (Å²) in [5.74, 6) is -1.53. The first-order valence-corrected chi connectivity index (χ1v) is 29.7. The summed E-state index contributed by atoms with van der Waals surface area (Å²) in [7, 11) is 5.91. The van der Waals surface area contributed by atoms with Crippen LogP contribution in [0.1, 0.15) is 95.5 Å². The summed E-state index contributed by atoms with van der Waals surface area (Å²) >= 11 is 0. The lowest BCUT2D eigenvalue weighted by atomic mass is 10.0. The number of aromatic nitrogens is 8. The van der Waals surface area contributed by atoms with E-state index in [1.807, 2.05) is 32.1 Å². The number of aliphatic hydroxyl groups excluding tert-OH is 1. The summed E-state index contributed by atoms with van der Waals surface area (Å²) in [6.45, 7) is 3.71. The first-order chi connectivity index (χ1) is 46.9. The fourth-order valence-corrected chi connectivity index (χ4v) is 10.1. The Balaban J connectivity index is 0.000000152. The molecule has 0 aliphatic rings. The molecule has 492 valence electrons. The van der Waals surface area contributed by atoms with Crippen molar-refractivity contribution in [3.63, 3.8) is 0 Å². The second-order valence-corrected chi connectivity index (χ2v) is 21.5. The number of aromatic carboxylic acids is 1. The number of carboxylic acid groups (broad SMARTS) is 1. The molecule has 1 atom stereocenters. The van der Waals surface area contributed by atoms with Crippen molar-refractivity contribution in [2.45, 2.75) is 19.9 Å². The third-order valence-corrected chi connectivity index (χ3v) is 15.1. The number of rotatable bonds is 18. The van der Waals surface area contributed by atoms with E-state index in [-0.39, 0.29) is 64.6 Å². The lowest BCUT2D eigenvalue weighted by Gasteiger charge is -2.20. The molecule has 12 rings (SSSR count). The molecule has 8 aromatic carbocycles. The van der Waals surface area contributed by atoms with Crippen LogP contribution in [0.15, 0.2) is 146 Å². The van der Waals surface area contributed by atoms with Gasteiger partial charge in [0.05, 0.1) is 124 Å². The van der Waals surface area contributed by atoms with Crippen LogP contribution in [-0.4, -0.2) is 110 Å². The van der Waals surface area contributed by atoms with E-state index in [1.165, 1.54) is 83.0 Å². The number of halogens is 4. The molecule has 0 fully saturated rings. The Hall–Kier alpha value is -12.6. The summed E-state index contributed by atoms with van der Waals surface area (Å²) in [5, 5.41) is 61.9. The molecule has 0 saturated heterocycles. The highest BCUT2D eigenvalue weighted by Crippen LogP contribution is 2.36. The molecular weight excluding hydrogens is 1250 g/mol. The number of aliphatic hydroxyl groups is 1. The number of ether oxygens (including phenoxy) is 4. The van der Waals surface area contributed by atoms with Gasteiger partial charge in [-0.3, -0.25) is 30.0 Å². The highest BCUT2D eigenvalue weighted by atomic mass is 19.1. The van der Waals surface area contributed by atoms with Crippen LogP contribution < -0.4 is 30.0 Å². The second-order valence-electron chi connectivity index (χ2n) is 21.5. The quantitative estimate of drug-likeness (QED) is 0.0371. The van der Waals surface area contributed by atoms with Crippen molar-refractivity contribution < 1.29 is 61.1 Å². The van der Waals surface area contributed by atoms with Gasteiger partial charge in [0.15, 0.2) is 0 Å². The molecule has 4 aromatic heterocycles. The van der Waals surface area contributed by atoms with E-state index in [1.54, 1.807) is 121 Å². The average Bonchev–Trinajstić information content (AvgIpc) is 1.69. The highest BCUT2D eigenvalue weighted by Gasteiger charge is 2.24. The van der Waals surface area contributed by atoms with E-state index in [2.05, 4.69) is 52.2 Å². The van der Waals surface area contributed by atoms with Gasteiger partial charge in [0.25, 0.3) is 11.8 Å². The average molecular weight is 1310 g/mol. The van der Waals surface area contributed by atoms with Crippen LogP contribution in [0, 0.1) is 40.5 Å². The maximum atomic E-state index is 13.1. The predicted octanol–water partition coefficient (Wildman–Crippen LogP) is 13.9. The molecule has 0 aliphatic carbocycles. The number of primary amides is 1. The van der Waals surface area contributed by atoms with Crippen molar-refractivity contribution in [3.8, 4) is 29.1 Å². The topological polar surface area (TPSA) is 305 Å². The molecule has 97 heavy (non-hydrogen) atoms. The molecule has 0 unspecified atom stereocenters. The third-order valence-electron chi connectivity index (χ3n) is 15.1. The van der Waals surface area contributed by atoms with E-state index < -0.39 is 11.9 Å². The molecule has 0 saturated carbocycles. The number of carbonyl (C=O) groups excluding carboxylic acids is 2. The fraction of sp³-hybridized carbons (Fsp3) is 0.123. The van der Waals surface area contributed by atoms with Crippen LogP contribution in [0.3, 0.4) is 0 Å². The van der Waals surface area contributed by atoms with Gasteiger partial charge in [0, 0.05) is 0 Å². The highest BCUT2D eigenvalue weighted by molar-refractivity contribution is 6.07. The molecule has 0 radical (unpaired) electrons. The second kappa shape index (κ2) is 31.8. The van der Waals surface area contributed by atoms with Crippen LogP contribution in [-0.2, 0) is 0 Å². The monoisotopic (exact) mass is 1310 g/mol. The number of nitrogens with one attached hydrogen (secondary N) is 5. The first kappa shape index (κ1) is 68.7. The number of amides is 2. The van der Waals surface area contributed by atoms with Crippen LogP contribution in [0.2, 0.25) is 0 Å². The van der Waals surface area contributed by atoms with E-state index in [9.17, 15) is 42.2 Å². The number of H-pyrrole nitrogens is 4. The van der Waals surface area contributed by atoms with Crippen LogP contribution in [0.25, 0.3) is 92.2 Å². The largest absolute Gasteiger partial charge is 0.495 e. The number of nitriles is 1. The zero-order valence-electron chi connectivity index (χ0n) is 52.9. The summed E-state index contributed by atoms with van der Waals surface area (Å²) in [5.41, 5.74) is 15.2. The number of carbonyl (C=O) groups is 3. The fourth-order valence-electron chi connectivity index (χ4n) is 10.1. The molecule has 9 N–H and O–H groups in total. The molecule has 2 amide bonds. The molecule has 0 bridgehead atoms. The van der Waals surface area contributed by atoms with E-state index >= 15 is 0 Å². The van der Waals surface area contributed by atoms with E-state index in [0.29, 0.717) is 83.9 Å². The van der Waals surface area contributed by atoms with Crippen LogP contribution in [0.4, 0.5) is 17.6 Å². The van der Waals surface area contributed by atoms with E-state index in [4.69, 9.17) is 29.9 Å². The molecular formula is C73H63F4N11O9. The minimum absolute atomic E-state index is 0.0674. The van der Waals surface area contributed by atoms with Gasteiger partial charge >= 0.3 is 5.97 Å². The number of benzene rings is 8. The van der Waals surface area contributed by atoms with Crippen molar-refractivity contribution >= 4 is 110 Å². The Morgan fingerprint density at radius 1 is 0.495 bits per heavy atom. The number of nitrogens with zero attached hydrogens (tertiary/aromatic N) is 5. The zero-order valence-corrected chi connectivity index (χ0v) is 52.9. The summed E-state index contributed by atoms with van der Waals surface area (Å²) < 4.78 is 73.3. The van der Waals surface area contributed by atoms with Gasteiger partial charge in [-0.25, -0.2) is 22.4 Å².